The Morgan fingerprint density at radius 3 is 2.54 bits per heavy atom. The molecule has 1 aliphatic rings. The summed E-state index contributed by atoms with van der Waals surface area (Å²) in [5.41, 5.74) is 1.05. The van der Waals surface area contributed by atoms with Crippen LogP contribution in [0.15, 0.2) is 36.7 Å². The zero-order valence-corrected chi connectivity index (χ0v) is 14.8. The predicted molar refractivity (Wildman–Crippen MR) is 97.6 cm³/mol. The van der Waals surface area contributed by atoms with Crippen molar-refractivity contribution >= 4 is 29.2 Å². The SMILES string of the molecule is COC(=O)c1ccccc1Nc1cc(N2CCN(C(C)=O)CC2)ncn1. The summed E-state index contributed by atoms with van der Waals surface area (Å²) in [6, 6.07) is 8.92. The summed E-state index contributed by atoms with van der Waals surface area (Å²) in [5.74, 6) is 1.04. The third-order valence-electron chi connectivity index (χ3n) is 4.30. The third kappa shape index (κ3) is 3.90. The van der Waals surface area contributed by atoms with Gasteiger partial charge < -0.3 is 19.9 Å². The summed E-state index contributed by atoms with van der Waals surface area (Å²) in [6.07, 6.45) is 1.48. The van der Waals surface area contributed by atoms with E-state index in [1.807, 2.05) is 17.0 Å². The van der Waals surface area contributed by atoms with Crippen LogP contribution in [0, 0.1) is 0 Å². The van der Waals surface area contributed by atoms with Gasteiger partial charge in [-0.1, -0.05) is 12.1 Å². The lowest BCUT2D eigenvalue weighted by Gasteiger charge is -2.34. The Kier molecular flexibility index (Phi) is 5.31. The molecule has 8 nitrogen and oxygen atoms in total. The van der Waals surface area contributed by atoms with Crippen molar-refractivity contribution in [2.24, 2.45) is 0 Å². The molecule has 1 aliphatic heterocycles. The lowest BCUT2D eigenvalue weighted by Crippen LogP contribution is -2.48. The van der Waals surface area contributed by atoms with Gasteiger partial charge in [0.1, 0.15) is 18.0 Å². The molecule has 26 heavy (non-hydrogen) atoms. The van der Waals surface area contributed by atoms with Crippen LogP contribution in [0.2, 0.25) is 0 Å². The molecule has 1 aromatic heterocycles. The molecule has 1 aromatic carbocycles. The first-order chi connectivity index (χ1) is 12.6. The maximum absolute atomic E-state index is 11.9. The van der Waals surface area contributed by atoms with Gasteiger partial charge in [0, 0.05) is 39.2 Å². The molecular formula is C18H21N5O3. The second-order valence-electron chi connectivity index (χ2n) is 5.92. The highest BCUT2D eigenvalue weighted by Crippen LogP contribution is 2.23. The number of amides is 1. The molecule has 0 unspecified atom stereocenters. The minimum atomic E-state index is -0.414. The lowest BCUT2D eigenvalue weighted by atomic mass is 10.2. The van der Waals surface area contributed by atoms with Crippen LogP contribution in [-0.4, -0.2) is 60.0 Å². The Bertz CT molecular complexity index is 803. The van der Waals surface area contributed by atoms with Gasteiger partial charge in [0.15, 0.2) is 0 Å². The lowest BCUT2D eigenvalue weighted by molar-refractivity contribution is -0.129. The standard InChI is InChI=1S/C18H21N5O3/c1-13(24)22-7-9-23(10-8-22)17-11-16(19-12-20-17)21-15-6-4-3-5-14(15)18(25)26-2/h3-6,11-12H,7-10H2,1-2H3,(H,19,20,21). The highest BCUT2D eigenvalue weighted by atomic mass is 16.5. The van der Waals surface area contributed by atoms with Crippen LogP contribution < -0.4 is 10.2 Å². The van der Waals surface area contributed by atoms with Gasteiger partial charge in [0.2, 0.25) is 5.91 Å². The van der Waals surface area contributed by atoms with Crippen LogP contribution in [0.5, 0.6) is 0 Å². The Morgan fingerprint density at radius 1 is 1.12 bits per heavy atom. The summed E-state index contributed by atoms with van der Waals surface area (Å²) in [5, 5.41) is 3.15. The first kappa shape index (κ1) is 17.7. The maximum Gasteiger partial charge on any atom is 0.339 e. The quantitative estimate of drug-likeness (QED) is 0.835. The Morgan fingerprint density at radius 2 is 1.85 bits per heavy atom. The van der Waals surface area contributed by atoms with Crippen molar-refractivity contribution in [3.05, 3.63) is 42.2 Å². The zero-order chi connectivity index (χ0) is 18.5. The largest absolute Gasteiger partial charge is 0.465 e. The number of nitrogens with one attached hydrogen (secondary N) is 1. The fourth-order valence-electron chi connectivity index (χ4n) is 2.86. The molecule has 0 aliphatic carbocycles. The number of ether oxygens (including phenoxy) is 1. The van der Waals surface area contributed by atoms with Crippen LogP contribution in [-0.2, 0) is 9.53 Å². The summed E-state index contributed by atoms with van der Waals surface area (Å²) in [7, 11) is 1.35. The number of hydrogen-bond donors (Lipinski definition) is 1. The molecule has 3 rings (SSSR count). The number of carbonyl (C=O) groups excluding carboxylic acids is 2. The molecule has 0 atom stereocenters. The zero-order valence-electron chi connectivity index (χ0n) is 14.8. The fraction of sp³-hybridized carbons (Fsp3) is 0.333. The van der Waals surface area contributed by atoms with Crippen LogP contribution in [0.1, 0.15) is 17.3 Å². The highest BCUT2D eigenvalue weighted by molar-refractivity contribution is 5.96. The topological polar surface area (TPSA) is 87.7 Å². The molecular weight excluding hydrogens is 334 g/mol. The van der Waals surface area contributed by atoms with Crippen LogP contribution >= 0.6 is 0 Å². The molecule has 0 saturated carbocycles. The molecule has 136 valence electrons. The average molecular weight is 355 g/mol. The van der Waals surface area contributed by atoms with E-state index in [-0.39, 0.29) is 5.91 Å². The second kappa shape index (κ2) is 7.81. The number of nitrogens with zero attached hydrogens (tertiary/aromatic N) is 4. The van der Waals surface area contributed by atoms with Crippen molar-refractivity contribution in [1.29, 1.82) is 0 Å². The van der Waals surface area contributed by atoms with E-state index in [1.165, 1.54) is 13.4 Å². The van der Waals surface area contributed by atoms with Crippen molar-refractivity contribution in [2.75, 3.05) is 43.5 Å². The second-order valence-corrected chi connectivity index (χ2v) is 5.92. The maximum atomic E-state index is 11.9. The first-order valence-corrected chi connectivity index (χ1v) is 8.35. The first-order valence-electron chi connectivity index (χ1n) is 8.35. The number of piperazine rings is 1. The van der Waals surface area contributed by atoms with E-state index in [4.69, 9.17) is 4.74 Å². The summed E-state index contributed by atoms with van der Waals surface area (Å²) < 4.78 is 4.81. The smallest absolute Gasteiger partial charge is 0.339 e. The number of carbonyl (C=O) groups is 2. The molecule has 0 radical (unpaired) electrons. The van der Waals surface area contributed by atoms with Crippen molar-refractivity contribution in [3.8, 4) is 0 Å². The molecule has 1 saturated heterocycles. The normalized spacial score (nSPS) is 14.1. The van der Waals surface area contributed by atoms with Crippen molar-refractivity contribution < 1.29 is 14.3 Å². The van der Waals surface area contributed by atoms with E-state index in [0.29, 0.717) is 30.2 Å². The summed E-state index contributed by atoms with van der Waals surface area (Å²) in [6.45, 7) is 4.37. The van der Waals surface area contributed by atoms with Gasteiger partial charge >= 0.3 is 5.97 Å². The number of anilines is 3. The summed E-state index contributed by atoms with van der Waals surface area (Å²) in [4.78, 5) is 35.8. The van der Waals surface area contributed by atoms with Crippen molar-refractivity contribution in [3.63, 3.8) is 0 Å². The molecule has 0 spiro atoms. The number of rotatable bonds is 4. The van der Waals surface area contributed by atoms with Gasteiger partial charge in [-0.3, -0.25) is 4.79 Å². The fourth-order valence-corrected chi connectivity index (χ4v) is 2.86. The third-order valence-corrected chi connectivity index (χ3v) is 4.30. The number of para-hydroxylation sites is 1. The van der Waals surface area contributed by atoms with Crippen LogP contribution in [0.25, 0.3) is 0 Å². The molecule has 1 N–H and O–H groups in total. The highest BCUT2D eigenvalue weighted by Gasteiger charge is 2.20. The minimum Gasteiger partial charge on any atom is -0.465 e. The van der Waals surface area contributed by atoms with Gasteiger partial charge in [-0.2, -0.15) is 0 Å². The molecule has 2 heterocycles. The van der Waals surface area contributed by atoms with E-state index in [2.05, 4.69) is 20.2 Å². The molecule has 1 fully saturated rings. The van der Waals surface area contributed by atoms with Gasteiger partial charge in [-0.25, -0.2) is 14.8 Å². The van der Waals surface area contributed by atoms with Crippen LogP contribution in [0.3, 0.4) is 0 Å². The Labute approximate surface area is 151 Å². The average Bonchev–Trinajstić information content (AvgIpc) is 2.68. The Hall–Kier alpha value is -3.16. The molecule has 1 amide bonds. The van der Waals surface area contributed by atoms with E-state index in [9.17, 15) is 9.59 Å². The molecule has 8 heteroatoms. The summed E-state index contributed by atoms with van der Waals surface area (Å²) >= 11 is 0. The molecule has 2 aromatic rings. The van der Waals surface area contributed by atoms with Gasteiger partial charge in [0.25, 0.3) is 0 Å². The number of aromatic nitrogens is 2. The van der Waals surface area contributed by atoms with Gasteiger partial charge in [0.05, 0.1) is 18.4 Å². The number of esters is 1. The van der Waals surface area contributed by atoms with E-state index < -0.39 is 5.97 Å². The monoisotopic (exact) mass is 355 g/mol. The van der Waals surface area contributed by atoms with E-state index in [1.54, 1.807) is 25.1 Å². The van der Waals surface area contributed by atoms with E-state index in [0.717, 1.165) is 18.9 Å². The Balaban J connectivity index is 1.75. The number of benzene rings is 1. The van der Waals surface area contributed by atoms with Crippen LogP contribution in [0.4, 0.5) is 17.3 Å². The van der Waals surface area contributed by atoms with Gasteiger partial charge in [-0.15, -0.1) is 0 Å². The number of hydrogen-bond acceptors (Lipinski definition) is 7. The van der Waals surface area contributed by atoms with Crippen molar-refractivity contribution in [1.82, 2.24) is 14.9 Å². The van der Waals surface area contributed by atoms with E-state index >= 15 is 0 Å². The van der Waals surface area contributed by atoms with Gasteiger partial charge in [-0.05, 0) is 12.1 Å². The number of methoxy groups -OCH3 is 1. The minimum absolute atomic E-state index is 0.0918. The van der Waals surface area contributed by atoms with Crippen molar-refractivity contribution in [2.45, 2.75) is 6.92 Å². The molecule has 0 bridgehead atoms. The predicted octanol–water partition coefficient (Wildman–Crippen LogP) is 1.68.